The van der Waals surface area contributed by atoms with Gasteiger partial charge < -0.3 is 10.2 Å². The number of nitrogens with zero attached hydrogens (tertiary/aromatic N) is 2. The highest BCUT2D eigenvalue weighted by Crippen LogP contribution is 2.30. The summed E-state index contributed by atoms with van der Waals surface area (Å²) in [6.45, 7) is 2.51. The fourth-order valence-corrected chi connectivity index (χ4v) is 4.97. The topological polar surface area (TPSA) is 62.3 Å². The molecule has 1 fully saturated rings. The Kier molecular flexibility index (Phi) is 5.76. The molecule has 1 aromatic carbocycles. The zero-order valence-corrected chi connectivity index (χ0v) is 17.2. The highest BCUT2D eigenvalue weighted by molar-refractivity contribution is 7.14. The number of aryl methyl sites for hydroxylation is 2. The first-order valence-corrected chi connectivity index (χ1v) is 11.2. The van der Waals surface area contributed by atoms with Crippen LogP contribution in [0.3, 0.4) is 0 Å². The van der Waals surface area contributed by atoms with Gasteiger partial charge in [0.15, 0.2) is 5.13 Å². The van der Waals surface area contributed by atoms with Crippen molar-refractivity contribution in [3.63, 3.8) is 0 Å². The van der Waals surface area contributed by atoms with E-state index in [1.165, 1.54) is 41.7 Å². The second-order valence-electron chi connectivity index (χ2n) is 7.67. The molecule has 1 unspecified atom stereocenters. The average Bonchev–Trinajstić information content (AvgIpc) is 3.21. The predicted octanol–water partition coefficient (Wildman–Crippen LogP) is 4.42. The number of carbonyl (C=O) groups is 2. The number of carbonyl (C=O) groups excluding carboxylic acids is 2. The average molecular weight is 398 g/mol. The van der Waals surface area contributed by atoms with Gasteiger partial charge in [0, 0.05) is 23.9 Å². The quantitative estimate of drug-likeness (QED) is 0.831. The maximum atomic E-state index is 12.8. The Bertz CT molecular complexity index is 876. The molecule has 2 amide bonds. The van der Waals surface area contributed by atoms with Gasteiger partial charge in [-0.25, -0.2) is 4.98 Å². The molecule has 6 heteroatoms. The summed E-state index contributed by atoms with van der Waals surface area (Å²) in [5, 5.41) is 5.55. The van der Waals surface area contributed by atoms with E-state index in [1.807, 2.05) is 12.3 Å². The van der Waals surface area contributed by atoms with Crippen LogP contribution in [0.25, 0.3) is 11.3 Å². The first-order chi connectivity index (χ1) is 13.7. The standard InChI is InChI=1S/C22H27N3O2S/c1-2-20(26)25-12-6-5-9-19(25)21(27)24-22-23-18(14-28-22)17-11-10-15-7-3-4-8-16(15)13-17/h10-11,13-14,19H,2-9,12H2,1H3,(H,23,24,27). The zero-order chi connectivity index (χ0) is 19.5. The van der Waals surface area contributed by atoms with E-state index in [2.05, 4.69) is 28.5 Å². The summed E-state index contributed by atoms with van der Waals surface area (Å²) >= 11 is 1.44. The molecule has 1 aliphatic heterocycles. The van der Waals surface area contributed by atoms with Gasteiger partial charge in [0.1, 0.15) is 6.04 Å². The fraction of sp³-hybridized carbons (Fsp3) is 0.500. The molecule has 2 heterocycles. The van der Waals surface area contributed by atoms with E-state index in [9.17, 15) is 9.59 Å². The van der Waals surface area contributed by atoms with Crippen molar-refractivity contribution in [2.75, 3.05) is 11.9 Å². The second kappa shape index (κ2) is 8.43. The monoisotopic (exact) mass is 397 g/mol. The second-order valence-corrected chi connectivity index (χ2v) is 8.53. The van der Waals surface area contributed by atoms with Crippen LogP contribution in [0.5, 0.6) is 0 Å². The van der Waals surface area contributed by atoms with E-state index in [0.29, 0.717) is 18.1 Å². The lowest BCUT2D eigenvalue weighted by Gasteiger charge is -2.34. The minimum Gasteiger partial charge on any atom is -0.331 e. The number of rotatable bonds is 4. The van der Waals surface area contributed by atoms with Crippen molar-refractivity contribution in [3.8, 4) is 11.3 Å². The van der Waals surface area contributed by atoms with Gasteiger partial charge >= 0.3 is 0 Å². The largest absolute Gasteiger partial charge is 0.331 e. The number of aromatic nitrogens is 1. The molecule has 1 saturated heterocycles. The van der Waals surface area contributed by atoms with E-state index >= 15 is 0 Å². The SMILES string of the molecule is CCC(=O)N1CCCCC1C(=O)Nc1nc(-c2ccc3c(c2)CCCC3)cs1. The molecule has 148 valence electrons. The molecule has 1 aromatic heterocycles. The Morgan fingerprint density at radius 1 is 1.18 bits per heavy atom. The molecule has 5 nitrogen and oxygen atoms in total. The number of anilines is 1. The smallest absolute Gasteiger partial charge is 0.248 e. The highest BCUT2D eigenvalue weighted by atomic mass is 32.1. The number of thiazole rings is 1. The van der Waals surface area contributed by atoms with Crippen LogP contribution in [0, 0.1) is 0 Å². The number of nitrogens with one attached hydrogen (secondary N) is 1. The van der Waals surface area contributed by atoms with Crippen LogP contribution in [0.15, 0.2) is 23.6 Å². The lowest BCUT2D eigenvalue weighted by Crippen LogP contribution is -2.49. The van der Waals surface area contributed by atoms with E-state index in [1.54, 1.807) is 4.90 Å². The van der Waals surface area contributed by atoms with Gasteiger partial charge in [0.2, 0.25) is 11.8 Å². The van der Waals surface area contributed by atoms with Gasteiger partial charge in [-0.05, 0) is 62.1 Å². The van der Waals surface area contributed by atoms with Crippen molar-refractivity contribution in [2.45, 2.75) is 64.3 Å². The minimum absolute atomic E-state index is 0.0498. The van der Waals surface area contributed by atoms with E-state index in [0.717, 1.165) is 36.9 Å². The summed E-state index contributed by atoms with van der Waals surface area (Å²) in [5.74, 6) is -0.0680. The molecule has 1 aliphatic carbocycles. The molecule has 1 atom stereocenters. The Morgan fingerprint density at radius 3 is 2.82 bits per heavy atom. The van der Waals surface area contributed by atoms with Gasteiger partial charge in [-0.15, -0.1) is 11.3 Å². The number of piperidine rings is 1. The molecule has 0 saturated carbocycles. The van der Waals surface area contributed by atoms with Gasteiger partial charge in [0.05, 0.1) is 5.69 Å². The Morgan fingerprint density at radius 2 is 2.00 bits per heavy atom. The third kappa shape index (κ3) is 3.97. The summed E-state index contributed by atoms with van der Waals surface area (Å²) in [6, 6.07) is 6.22. The molecule has 4 rings (SSSR count). The van der Waals surface area contributed by atoms with Crippen LogP contribution in [-0.4, -0.2) is 34.3 Å². The van der Waals surface area contributed by atoms with Crippen LogP contribution in [0.4, 0.5) is 5.13 Å². The molecule has 28 heavy (non-hydrogen) atoms. The predicted molar refractivity (Wildman–Crippen MR) is 112 cm³/mol. The number of hydrogen-bond donors (Lipinski definition) is 1. The Balaban J connectivity index is 1.47. The third-order valence-electron chi connectivity index (χ3n) is 5.81. The van der Waals surface area contributed by atoms with Gasteiger partial charge in [-0.2, -0.15) is 0 Å². The van der Waals surface area contributed by atoms with Crippen LogP contribution < -0.4 is 5.32 Å². The third-order valence-corrected chi connectivity index (χ3v) is 6.56. The Labute approximate surface area is 170 Å². The highest BCUT2D eigenvalue weighted by Gasteiger charge is 2.31. The summed E-state index contributed by atoms with van der Waals surface area (Å²) in [7, 11) is 0. The molecule has 0 bridgehead atoms. The Hall–Kier alpha value is -2.21. The first-order valence-electron chi connectivity index (χ1n) is 10.3. The fourth-order valence-electron chi connectivity index (χ4n) is 4.25. The summed E-state index contributed by atoms with van der Waals surface area (Å²) in [4.78, 5) is 31.3. The minimum atomic E-state index is -0.378. The van der Waals surface area contributed by atoms with Crippen molar-refractivity contribution < 1.29 is 9.59 Å². The van der Waals surface area contributed by atoms with Crippen LogP contribution in [-0.2, 0) is 22.4 Å². The summed E-state index contributed by atoms with van der Waals surface area (Å²) in [5.41, 5.74) is 4.90. The van der Waals surface area contributed by atoms with Crippen LogP contribution in [0.1, 0.15) is 56.6 Å². The van der Waals surface area contributed by atoms with Crippen molar-refractivity contribution in [1.29, 1.82) is 0 Å². The molecule has 0 spiro atoms. The van der Waals surface area contributed by atoms with Crippen molar-refractivity contribution in [2.24, 2.45) is 0 Å². The maximum Gasteiger partial charge on any atom is 0.248 e. The zero-order valence-electron chi connectivity index (χ0n) is 16.4. The van der Waals surface area contributed by atoms with Crippen LogP contribution >= 0.6 is 11.3 Å². The first kappa shape index (κ1) is 19.1. The van der Waals surface area contributed by atoms with Crippen molar-refractivity contribution in [3.05, 3.63) is 34.7 Å². The molecule has 1 N–H and O–H groups in total. The number of hydrogen-bond acceptors (Lipinski definition) is 4. The molecule has 2 aliphatic rings. The van der Waals surface area contributed by atoms with Gasteiger partial charge in [-0.3, -0.25) is 9.59 Å². The van der Waals surface area contributed by atoms with Gasteiger partial charge in [0.25, 0.3) is 0 Å². The molecule has 0 radical (unpaired) electrons. The number of benzene rings is 1. The molecular formula is C22H27N3O2S. The number of amides is 2. The lowest BCUT2D eigenvalue weighted by molar-refractivity contribution is -0.140. The summed E-state index contributed by atoms with van der Waals surface area (Å²) < 4.78 is 0. The van der Waals surface area contributed by atoms with E-state index < -0.39 is 0 Å². The number of fused-ring (bicyclic) bond motifs is 1. The lowest BCUT2D eigenvalue weighted by atomic mass is 9.90. The van der Waals surface area contributed by atoms with Crippen molar-refractivity contribution in [1.82, 2.24) is 9.88 Å². The number of likely N-dealkylation sites (tertiary alicyclic amines) is 1. The molecule has 2 aromatic rings. The van der Waals surface area contributed by atoms with Crippen molar-refractivity contribution >= 4 is 28.3 Å². The van der Waals surface area contributed by atoms with E-state index in [-0.39, 0.29) is 17.9 Å². The maximum absolute atomic E-state index is 12.8. The normalized spacial score (nSPS) is 19.2. The van der Waals surface area contributed by atoms with Crippen LogP contribution in [0.2, 0.25) is 0 Å². The van der Waals surface area contributed by atoms with E-state index in [4.69, 9.17) is 0 Å². The molecular weight excluding hydrogens is 370 g/mol. The summed E-state index contributed by atoms with van der Waals surface area (Å²) in [6.07, 6.45) is 7.94. The van der Waals surface area contributed by atoms with Gasteiger partial charge in [-0.1, -0.05) is 19.1 Å².